The Morgan fingerprint density at radius 1 is 1.19 bits per heavy atom. The number of hydrogen-bond donors (Lipinski definition) is 1. The monoisotopic (exact) mass is 291 g/mol. The van der Waals surface area contributed by atoms with Gasteiger partial charge in [0.05, 0.1) is 11.0 Å². The summed E-state index contributed by atoms with van der Waals surface area (Å²) in [7, 11) is 1.77. The van der Waals surface area contributed by atoms with Crippen molar-refractivity contribution < 1.29 is 14.3 Å². The Morgan fingerprint density at radius 3 is 2.29 bits per heavy atom. The SMILES string of the molecule is CN(CC1(O)CCCC1)C(=O)C1(c2ccc(F)cc2)CC1. The maximum Gasteiger partial charge on any atom is 0.233 e. The fourth-order valence-electron chi connectivity index (χ4n) is 3.59. The van der Waals surface area contributed by atoms with Crippen LogP contribution in [0.2, 0.25) is 0 Å². The van der Waals surface area contributed by atoms with E-state index in [4.69, 9.17) is 0 Å². The van der Waals surface area contributed by atoms with Crippen molar-refractivity contribution in [1.82, 2.24) is 4.90 Å². The number of carbonyl (C=O) groups excluding carboxylic acids is 1. The van der Waals surface area contributed by atoms with Gasteiger partial charge in [0.15, 0.2) is 0 Å². The topological polar surface area (TPSA) is 40.5 Å². The highest BCUT2D eigenvalue weighted by Crippen LogP contribution is 2.49. The van der Waals surface area contributed by atoms with Crippen LogP contribution in [0.1, 0.15) is 44.1 Å². The lowest BCUT2D eigenvalue weighted by molar-refractivity contribution is -0.135. The summed E-state index contributed by atoms with van der Waals surface area (Å²) in [5.74, 6) is -0.231. The van der Waals surface area contributed by atoms with Gasteiger partial charge >= 0.3 is 0 Å². The number of amides is 1. The molecule has 4 heteroatoms. The predicted molar refractivity (Wildman–Crippen MR) is 78.4 cm³/mol. The molecule has 2 aliphatic rings. The molecule has 0 heterocycles. The largest absolute Gasteiger partial charge is 0.388 e. The Morgan fingerprint density at radius 2 is 1.76 bits per heavy atom. The summed E-state index contributed by atoms with van der Waals surface area (Å²) in [5, 5.41) is 10.5. The van der Waals surface area contributed by atoms with Crippen LogP contribution >= 0.6 is 0 Å². The van der Waals surface area contributed by atoms with E-state index in [1.807, 2.05) is 0 Å². The molecule has 3 nitrogen and oxygen atoms in total. The Balaban J connectivity index is 1.73. The van der Waals surface area contributed by atoms with E-state index in [1.54, 1.807) is 24.1 Å². The van der Waals surface area contributed by atoms with Gasteiger partial charge in [0.1, 0.15) is 5.82 Å². The summed E-state index contributed by atoms with van der Waals surface area (Å²) in [6.07, 6.45) is 5.21. The molecule has 1 aromatic rings. The fourth-order valence-corrected chi connectivity index (χ4v) is 3.59. The first-order chi connectivity index (χ1) is 9.95. The Kier molecular flexibility index (Phi) is 3.52. The lowest BCUT2D eigenvalue weighted by Crippen LogP contribution is -2.45. The van der Waals surface area contributed by atoms with E-state index in [0.717, 1.165) is 44.1 Å². The normalized spacial score (nSPS) is 22.0. The number of nitrogens with zero attached hydrogens (tertiary/aromatic N) is 1. The van der Waals surface area contributed by atoms with Gasteiger partial charge in [0, 0.05) is 13.6 Å². The van der Waals surface area contributed by atoms with Gasteiger partial charge in [-0.05, 0) is 43.4 Å². The van der Waals surface area contributed by atoms with Crippen LogP contribution in [0.15, 0.2) is 24.3 Å². The van der Waals surface area contributed by atoms with Crippen LogP contribution in [0.25, 0.3) is 0 Å². The summed E-state index contributed by atoms with van der Waals surface area (Å²) in [6.45, 7) is 0.398. The van der Waals surface area contributed by atoms with E-state index in [9.17, 15) is 14.3 Å². The first kappa shape index (κ1) is 14.5. The van der Waals surface area contributed by atoms with Gasteiger partial charge in [-0.15, -0.1) is 0 Å². The van der Waals surface area contributed by atoms with Gasteiger partial charge in [-0.2, -0.15) is 0 Å². The Hall–Kier alpha value is -1.42. The van der Waals surface area contributed by atoms with Crippen molar-refractivity contribution in [2.24, 2.45) is 0 Å². The highest BCUT2D eigenvalue weighted by molar-refractivity contribution is 5.91. The number of carbonyl (C=O) groups is 1. The molecule has 0 aromatic heterocycles. The van der Waals surface area contributed by atoms with Gasteiger partial charge in [-0.1, -0.05) is 25.0 Å². The number of hydrogen-bond acceptors (Lipinski definition) is 2. The molecule has 1 amide bonds. The minimum Gasteiger partial charge on any atom is -0.388 e. The molecule has 2 saturated carbocycles. The Bertz CT molecular complexity index is 530. The molecule has 114 valence electrons. The molecule has 2 aliphatic carbocycles. The second kappa shape index (κ2) is 5.09. The van der Waals surface area contributed by atoms with Crippen LogP contribution in [0.3, 0.4) is 0 Å². The molecule has 0 atom stereocenters. The van der Waals surface area contributed by atoms with Crippen LogP contribution < -0.4 is 0 Å². The third-order valence-corrected chi connectivity index (χ3v) is 4.97. The second-order valence-electron chi connectivity index (χ2n) is 6.68. The highest BCUT2D eigenvalue weighted by atomic mass is 19.1. The molecular formula is C17H22FNO2. The molecule has 0 bridgehead atoms. The smallest absolute Gasteiger partial charge is 0.233 e. The van der Waals surface area contributed by atoms with E-state index >= 15 is 0 Å². The molecule has 0 radical (unpaired) electrons. The lowest BCUT2D eigenvalue weighted by atomic mass is 9.93. The van der Waals surface area contributed by atoms with Crippen LogP contribution in [0.4, 0.5) is 4.39 Å². The quantitative estimate of drug-likeness (QED) is 0.926. The number of benzene rings is 1. The van der Waals surface area contributed by atoms with Crippen molar-refractivity contribution in [2.75, 3.05) is 13.6 Å². The molecule has 0 spiro atoms. The summed E-state index contributed by atoms with van der Waals surface area (Å²) in [4.78, 5) is 14.4. The van der Waals surface area contributed by atoms with Gasteiger partial charge < -0.3 is 10.0 Å². The second-order valence-corrected chi connectivity index (χ2v) is 6.68. The zero-order chi connectivity index (χ0) is 15.1. The number of halogens is 1. The molecule has 3 rings (SSSR count). The van der Waals surface area contributed by atoms with Crippen molar-refractivity contribution in [3.05, 3.63) is 35.6 Å². The van der Waals surface area contributed by atoms with Crippen LogP contribution in [0, 0.1) is 5.82 Å². The maximum absolute atomic E-state index is 13.0. The van der Waals surface area contributed by atoms with E-state index in [0.29, 0.717) is 6.54 Å². The first-order valence-corrected chi connectivity index (χ1v) is 7.69. The van der Waals surface area contributed by atoms with Crippen molar-refractivity contribution in [3.63, 3.8) is 0 Å². The lowest BCUT2D eigenvalue weighted by Gasteiger charge is -2.31. The minimum atomic E-state index is -0.719. The minimum absolute atomic E-state index is 0.0504. The zero-order valence-corrected chi connectivity index (χ0v) is 12.4. The molecule has 0 saturated heterocycles. The molecule has 0 unspecified atom stereocenters. The number of rotatable bonds is 4. The van der Waals surface area contributed by atoms with Crippen molar-refractivity contribution in [1.29, 1.82) is 0 Å². The number of likely N-dealkylation sites (N-methyl/N-ethyl adjacent to an activating group) is 1. The van der Waals surface area contributed by atoms with Crippen LogP contribution in [-0.4, -0.2) is 35.1 Å². The third kappa shape index (κ3) is 2.69. The van der Waals surface area contributed by atoms with Crippen molar-refractivity contribution >= 4 is 5.91 Å². The first-order valence-electron chi connectivity index (χ1n) is 7.69. The van der Waals surface area contributed by atoms with Crippen LogP contribution in [0.5, 0.6) is 0 Å². The van der Waals surface area contributed by atoms with E-state index in [-0.39, 0.29) is 11.7 Å². The van der Waals surface area contributed by atoms with E-state index in [2.05, 4.69) is 0 Å². The predicted octanol–water partition coefficient (Wildman–Crippen LogP) is 2.62. The molecule has 1 aromatic carbocycles. The summed E-state index contributed by atoms with van der Waals surface area (Å²) < 4.78 is 13.0. The number of aliphatic hydroxyl groups is 1. The average molecular weight is 291 g/mol. The van der Waals surface area contributed by atoms with Gasteiger partial charge in [-0.25, -0.2) is 4.39 Å². The average Bonchev–Trinajstić information content (AvgIpc) is 3.16. The van der Waals surface area contributed by atoms with Gasteiger partial charge in [-0.3, -0.25) is 4.79 Å². The molecular weight excluding hydrogens is 269 g/mol. The summed E-state index contributed by atoms with van der Waals surface area (Å²) in [6, 6.07) is 6.23. The Labute approximate surface area is 124 Å². The van der Waals surface area contributed by atoms with Gasteiger partial charge in [0.25, 0.3) is 0 Å². The molecule has 0 aliphatic heterocycles. The van der Waals surface area contributed by atoms with Gasteiger partial charge in [0.2, 0.25) is 5.91 Å². The molecule has 21 heavy (non-hydrogen) atoms. The van der Waals surface area contributed by atoms with Crippen molar-refractivity contribution in [2.45, 2.75) is 49.5 Å². The molecule has 2 fully saturated rings. The van der Waals surface area contributed by atoms with Crippen LogP contribution in [-0.2, 0) is 10.2 Å². The van der Waals surface area contributed by atoms with E-state index in [1.165, 1.54) is 12.1 Å². The third-order valence-electron chi connectivity index (χ3n) is 4.97. The summed E-state index contributed by atoms with van der Waals surface area (Å²) >= 11 is 0. The standard InChI is InChI=1S/C17H22FNO2/c1-19(12-16(21)8-2-3-9-16)15(20)17(10-11-17)13-4-6-14(18)7-5-13/h4-7,21H,2-3,8-12H2,1H3. The van der Waals surface area contributed by atoms with E-state index < -0.39 is 11.0 Å². The highest BCUT2D eigenvalue weighted by Gasteiger charge is 2.53. The summed E-state index contributed by atoms with van der Waals surface area (Å²) in [5.41, 5.74) is -0.320. The fraction of sp³-hybridized carbons (Fsp3) is 0.588. The van der Waals surface area contributed by atoms with Crippen molar-refractivity contribution in [3.8, 4) is 0 Å². The molecule has 1 N–H and O–H groups in total. The maximum atomic E-state index is 13.0. The zero-order valence-electron chi connectivity index (χ0n) is 12.4.